The summed E-state index contributed by atoms with van der Waals surface area (Å²) in [4.78, 5) is 44.3. The van der Waals surface area contributed by atoms with Gasteiger partial charge >= 0.3 is 11.8 Å². The highest BCUT2D eigenvalue weighted by Gasteiger charge is 2.16. The minimum Gasteiger partial charge on any atom is -0.445 e. The van der Waals surface area contributed by atoms with Gasteiger partial charge in [0.05, 0.1) is 0 Å². The van der Waals surface area contributed by atoms with Gasteiger partial charge in [0, 0.05) is 19.6 Å². The number of amides is 1. The van der Waals surface area contributed by atoms with E-state index in [1.165, 1.54) is 28.8 Å². The number of H-pyrrole nitrogens is 1. The normalized spacial score (nSPS) is 11.1. The molecule has 0 fully saturated rings. The Labute approximate surface area is 188 Å². The molecule has 1 amide bonds. The zero-order valence-electron chi connectivity index (χ0n) is 17.7. The number of carbonyl (C=O) groups is 1. The Morgan fingerprint density at radius 3 is 2.59 bits per heavy atom. The summed E-state index contributed by atoms with van der Waals surface area (Å²) in [6.45, 7) is 2.80. The molecule has 2 aromatic heterocycles. The van der Waals surface area contributed by atoms with E-state index in [1.807, 2.05) is 0 Å². The van der Waals surface area contributed by atoms with Crippen LogP contribution in [0.5, 0.6) is 0 Å². The Bertz CT molecular complexity index is 1190. The lowest BCUT2D eigenvalue weighted by Gasteiger charge is -2.11. The zero-order chi connectivity index (χ0) is 23.1. The van der Waals surface area contributed by atoms with Gasteiger partial charge in [-0.3, -0.25) is 13.9 Å². The molecular weight excluding hydrogens is 441 g/mol. The molecule has 2 N–H and O–H groups in total. The van der Waals surface area contributed by atoms with Gasteiger partial charge in [-0.25, -0.2) is 14.0 Å². The van der Waals surface area contributed by atoms with Crippen molar-refractivity contribution < 1.29 is 13.9 Å². The monoisotopic (exact) mass is 465 g/mol. The number of hydrogen-bond acceptors (Lipinski definition) is 5. The maximum absolute atomic E-state index is 12.9. The molecule has 0 spiro atoms. The fraction of sp³-hybridized carbons (Fsp3) is 0.429. The average molecular weight is 466 g/mol. The molecule has 1 aromatic carbocycles. The van der Waals surface area contributed by atoms with Crippen LogP contribution in [0.2, 0.25) is 5.28 Å². The number of rotatable bonds is 10. The number of unbranched alkanes of at least 4 members (excludes halogenated alkanes) is 2. The van der Waals surface area contributed by atoms with Gasteiger partial charge in [-0.15, -0.1) is 0 Å². The van der Waals surface area contributed by atoms with Crippen molar-refractivity contribution in [1.82, 2.24) is 24.4 Å². The number of alkyl carbamates (subject to hydrolysis) is 1. The van der Waals surface area contributed by atoms with Crippen LogP contribution in [0, 0.1) is 5.82 Å². The van der Waals surface area contributed by atoms with E-state index in [4.69, 9.17) is 16.3 Å². The van der Waals surface area contributed by atoms with Crippen LogP contribution < -0.4 is 16.6 Å². The predicted molar refractivity (Wildman–Crippen MR) is 118 cm³/mol. The minimum atomic E-state index is -0.644. The SMILES string of the molecule is CCCCCn1c(=O)n(CCCNC(=O)OCc2ccc(F)cc2)c(=O)c2[nH]c(Cl)nc21. The molecule has 172 valence electrons. The zero-order valence-corrected chi connectivity index (χ0v) is 18.5. The molecule has 0 aliphatic heterocycles. The molecule has 3 rings (SSSR count). The number of carbonyl (C=O) groups excluding carboxylic acids is 1. The smallest absolute Gasteiger partial charge is 0.407 e. The first-order valence-corrected chi connectivity index (χ1v) is 10.8. The number of nitrogens with one attached hydrogen (secondary N) is 2. The quantitative estimate of drug-likeness (QED) is 0.353. The van der Waals surface area contributed by atoms with Gasteiger partial charge in [-0.1, -0.05) is 31.9 Å². The topological polar surface area (TPSA) is 111 Å². The first-order chi connectivity index (χ1) is 15.4. The Hall–Kier alpha value is -3.14. The summed E-state index contributed by atoms with van der Waals surface area (Å²) in [6, 6.07) is 5.62. The lowest BCUT2D eigenvalue weighted by molar-refractivity contribution is 0.139. The lowest BCUT2D eigenvalue weighted by atomic mass is 10.2. The molecule has 0 radical (unpaired) electrons. The van der Waals surface area contributed by atoms with E-state index in [9.17, 15) is 18.8 Å². The van der Waals surface area contributed by atoms with E-state index in [0.29, 0.717) is 18.5 Å². The van der Waals surface area contributed by atoms with Crippen molar-refractivity contribution in [3.05, 3.63) is 61.8 Å². The average Bonchev–Trinajstić information content (AvgIpc) is 3.16. The Balaban J connectivity index is 1.60. The number of hydrogen-bond donors (Lipinski definition) is 2. The van der Waals surface area contributed by atoms with Gasteiger partial charge in [0.25, 0.3) is 5.56 Å². The van der Waals surface area contributed by atoms with Crippen molar-refractivity contribution in [3.63, 3.8) is 0 Å². The first-order valence-electron chi connectivity index (χ1n) is 10.4. The number of halogens is 2. The molecule has 9 nitrogen and oxygen atoms in total. The predicted octanol–water partition coefficient (Wildman–Crippen LogP) is 3.19. The van der Waals surface area contributed by atoms with Crippen molar-refractivity contribution in [2.45, 2.75) is 52.3 Å². The van der Waals surface area contributed by atoms with Gasteiger partial charge in [-0.05, 0) is 42.1 Å². The summed E-state index contributed by atoms with van der Waals surface area (Å²) in [5.74, 6) is -0.367. The highest BCUT2D eigenvalue weighted by Crippen LogP contribution is 2.11. The molecule has 0 atom stereocenters. The van der Waals surface area contributed by atoms with Crippen LogP contribution in [0.1, 0.15) is 38.2 Å². The second-order valence-corrected chi connectivity index (χ2v) is 7.67. The number of benzene rings is 1. The summed E-state index contributed by atoms with van der Waals surface area (Å²) in [6.07, 6.45) is 2.39. The molecule has 0 unspecified atom stereocenters. The van der Waals surface area contributed by atoms with Crippen LogP contribution in [-0.2, 0) is 24.4 Å². The Morgan fingerprint density at radius 1 is 1.16 bits per heavy atom. The molecule has 0 aliphatic carbocycles. The molecule has 0 saturated heterocycles. The van der Waals surface area contributed by atoms with Gasteiger partial charge < -0.3 is 15.0 Å². The summed E-state index contributed by atoms with van der Waals surface area (Å²) in [7, 11) is 0. The lowest BCUT2D eigenvalue weighted by Crippen LogP contribution is -2.41. The van der Waals surface area contributed by atoms with Crippen molar-refractivity contribution in [2.75, 3.05) is 6.54 Å². The van der Waals surface area contributed by atoms with Gasteiger partial charge in [0.2, 0.25) is 5.28 Å². The number of imidazole rings is 1. The first kappa shape index (κ1) is 23.5. The Morgan fingerprint density at radius 2 is 1.88 bits per heavy atom. The van der Waals surface area contributed by atoms with Crippen molar-refractivity contribution in [1.29, 1.82) is 0 Å². The van der Waals surface area contributed by atoms with Crippen LogP contribution in [0.25, 0.3) is 11.2 Å². The molecular formula is C21H25ClFN5O4. The van der Waals surface area contributed by atoms with Gasteiger partial charge in [0.1, 0.15) is 12.4 Å². The fourth-order valence-corrected chi connectivity index (χ4v) is 3.44. The number of fused-ring (bicyclic) bond motifs is 1. The largest absolute Gasteiger partial charge is 0.445 e. The molecule has 3 aromatic rings. The van der Waals surface area contributed by atoms with Crippen LogP contribution in [0.4, 0.5) is 9.18 Å². The number of nitrogens with zero attached hydrogens (tertiary/aromatic N) is 3. The van der Waals surface area contributed by atoms with E-state index >= 15 is 0 Å². The van der Waals surface area contributed by atoms with E-state index < -0.39 is 17.3 Å². The second kappa shape index (κ2) is 10.9. The van der Waals surface area contributed by atoms with E-state index in [-0.39, 0.29) is 42.0 Å². The fourth-order valence-electron chi connectivity index (χ4n) is 3.27. The summed E-state index contributed by atoms with van der Waals surface area (Å²) in [5.41, 5.74) is 0.122. The van der Waals surface area contributed by atoms with E-state index in [2.05, 4.69) is 22.2 Å². The summed E-state index contributed by atoms with van der Waals surface area (Å²) in [5, 5.41) is 2.62. The summed E-state index contributed by atoms with van der Waals surface area (Å²) >= 11 is 5.93. The highest BCUT2D eigenvalue weighted by molar-refractivity contribution is 6.28. The number of aryl methyl sites for hydroxylation is 1. The molecule has 0 bridgehead atoms. The van der Waals surface area contributed by atoms with E-state index in [1.54, 1.807) is 0 Å². The highest BCUT2D eigenvalue weighted by atomic mass is 35.5. The molecule has 0 aliphatic rings. The van der Waals surface area contributed by atoms with Crippen molar-refractivity contribution in [2.24, 2.45) is 0 Å². The second-order valence-electron chi connectivity index (χ2n) is 7.31. The molecule has 11 heteroatoms. The van der Waals surface area contributed by atoms with Gasteiger partial charge in [0.15, 0.2) is 11.2 Å². The summed E-state index contributed by atoms with van der Waals surface area (Å²) < 4.78 is 20.5. The van der Waals surface area contributed by atoms with Crippen LogP contribution in [0.3, 0.4) is 0 Å². The number of aromatic nitrogens is 4. The number of ether oxygens (including phenoxy) is 1. The van der Waals surface area contributed by atoms with Crippen molar-refractivity contribution in [3.8, 4) is 0 Å². The van der Waals surface area contributed by atoms with Crippen molar-refractivity contribution >= 4 is 28.9 Å². The maximum Gasteiger partial charge on any atom is 0.407 e. The third-order valence-corrected chi connectivity index (χ3v) is 5.11. The van der Waals surface area contributed by atoms with Crippen LogP contribution >= 0.6 is 11.6 Å². The third kappa shape index (κ3) is 5.76. The minimum absolute atomic E-state index is 0.00525. The third-order valence-electron chi connectivity index (χ3n) is 4.93. The molecule has 2 heterocycles. The number of aromatic amines is 1. The Kier molecular flexibility index (Phi) is 8.04. The maximum atomic E-state index is 12.9. The van der Waals surface area contributed by atoms with Crippen LogP contribution in [-0.4, -0.2) is 31.7 Å². The van der Waals surface area contributed by atoms with Crippen LogP contribution in [0.15, 0.2) is 33.9 Å². The van der Waals surface area contributed by atoms with Gasteiger partial charge in [-0.2, -0.15) is 4.98 Å². The molecule has 32 heavy (non-hydrogen) atoms. The molecule has 0 saturated carbocycles. The van der Waals surface area contributed by atoms with E-state index in [0.717, 1.165) is 23.8 Å². The standard InChI is InChI=1S/C21H25ClFN5O4/c1-2-3-4-11-27-17-16(25-19(22)26-17)18(29)28(21(27)31)12-5-10-24-20(30)32-13-14-6-8-15(23)9-7-14/h6-9H,2-5,10-13H2,1H3,(H,24,30)(H,25,26).